The van der Waals surface area contributed by atoms with Crippen LogP contribution in [0.2, 0.25) is 0 Å². The first-order chi connectivity index (χ1) is 15.1. The van der Waals surface area contributed by atoms with Crippen LogP contribution in [-0.2, 0) is 13.2 Å². The van der Waals surface area contributed by atoms with Crippen molar-refractivity contribution in [3.05, 3.63) is 71.2 Å². The van der Waals surface area contributed by atoms with Crippen molar-refractivity contribution in [2.45, 2.75) is 39.3 Å². The third-order valence-electron chi connectivity index (χ3n) is 5.78. The summed E-state index contributed by atoms with van der Waals surface area (Å²) < 4.78 is 25.0. The van der Waals surface area contributed by atoms with Gasteiger partial charge in [0.15, 0.2) is 0 Å². The normalized spacial score (nSPS) is 14.4. The van der Waals surface area contributed by atoms with E-state index in [-0.39, 0.29) is 11.8 Å². The second-order valence-electron chi connectivity index (χ2n) is 7.91. The summed E-state index contributed by atoms with van der Waals surface area (Å²) in [6.07, 6.45) is 5.57. The second-order valence-corrected chi connectivity index (χ2v) is 7.91. The van der Waals surface area contributed by atoms with E-state index in [0.29, 0.717) is 12.5 Å². The van der Waals surface area contributed by atoms with E-state index in [1.54, 1.807) is 25.4 Å². The van der Waals surface area contributed by atoms with Gasteiger partial charge in [0.25, 0.3) is 0 Å². The minimum absolute atomic E-state index is 0.247. The molecule has 0 spiro atoms. The lowest BCUT2D eigenvalue weighted by atomic mass is 9.97. The van der Waals surface area contributed by atoms with Gasteiger partial charge in [0.2, 0.25) is 5.88 Å². The summed E-state index contributed by atoms with van der Waals surface area (Å²) in [6.45, 7) is 5.33. The summed E-state index contributed by atoms with van der Waals surface area (Å²) in [7, 11) is 1.62. The molecule has 0 unspecified atom stereocenters. The Bertz CT molecular complexity index is 1040. The number of rotatable bonds is 7. The van der Waals surface area contributed by atoms with Crippen LogP contribution in [-0.4, -0.2) is 35.1 Å². The van der Waals surface area contributed by atoms with Crippen LogP contribution in [0.25, 0.3) is 11.1 Å². The lowest BCUT2D eigenvalue weighted by molar-refractivity contribution is 0.215. The van der Waals surface area contributed by atoms with Gasteiger partial charge in [-0.15, -0.1) is 0 Å². The van der Waals surface area contributed by atoms with Gasteiger partial charge < -0.3 is 9.47 Å². The largest absolute Gasteiger partial charge is 0.481 e. The molecule has 0 saturated carbocycles. The fraction of sp³-hybridized carbons (Fsp3) is 0.360. The first-order valence-corrected chi connectivity index (χ1v) is 10.7. The van der Waals surface area contributed by atoms with Gasteiger partial charge in [-0.2, -0.15) is 4.98 Å². The molecule has 2 aromatic carbocycles. The van der Waals surface area contributed by atoms with Crippen molar-refractivity contribution in [1.82, 2.24) is 14.9 Å². The van der Waals surface area contributed by atoms with Crippen molar-refractivity contribution >= 4 is 0 Å². The molecule has 5 nitrogen and oxygen atoms in total. The van der Waals surface area contributed by atoms with Crippen LogP contribution in [0.1, 0.15) is 36.0 Å². The summed E-state index contributed by atoms with van der Waals surface area (Å²) in [5.41, 5.74) is 4.85. The Morgan fingerprint density at radius 1 is 1.03 bits per heavy atom. The number of aromatic nitrogens is 2. The van der Waals surface area contributed by atoms with E-state index in [4.69, 9.17) is 9.47 Å². The quantitative estimate of drug-likeness (QED) is 0.527. The summed E-state index contributed by atoms with van der Waals surface area (Å²) in [4.78, 5) is 11.3. The zero-order valence-electron chi connectivity index (χ0n) is 18.1. The maximum absolute atomic E-state index is 13.7. The molecular weight excluding hydrogens is 393 g/mol. The molecule has 162 valence electrons. The molecule has 31 heavy (non-hydrogen) atoms. The molecule has 0 radical (unpaired) electrons. The molecule has 1 aliphatic heterocycles. The fourth-order valence-electron chi connectivity index (χ4n) is 4.04. The maximum Gasteiger partial charge on any atom is 0.320 e. The first-order valence-electron chi connectivity index (χ1n) is 10.7. The maximum atomic E-state index is 13.7. The average molecular weight is 422 g/mol. The first kappa shape index (κ1) is 21.2. The Morgan fingerprint density at radius 2 is 1.84 bits per heavy atom. The number of benzene rings is 2. The lowest BCUT2D eigenvalue weighted by Gasteiger charge is -2.26. The highest BCUT2D eigenvalue weighted by Crippen LogP contribution is 2.27. The van der Waals surface area contributed by atoms with Crippen LogP contribution in [0.4, 0.5) is 4.39 Å². The van der Waals surface area contributed by atoms with Gasteiger partial charge in [-0.05, 0) is 67.2 Å². The average Bonchev–Trinajstić information content (AvgIpc) is 2.80. The highest BCUT2D eigenvalue weighted by Gasteiger charge is 2.16. The molecule has 1 fully saturated rings. The van der Waals surface area contributed by atoms with Crippen molar-refractivity contribution in [2.75, 3.05) is 20.2 Å². The monoisotopic (exact) mass is 421 g/mol. The molecule has 1 saturated heterocycles. The van der Waals surface area contributed by atoms with Gasteiger partial charge in [0.1, 0.15) is 12.4 Å². The van der Waals surface area contributed by atoms with Gasteiger partial charge in [-0.3, -0.25) is 4.90 Å². The van der Waals surface area contributed by atoms with Crippen LogP contribution in [0.3, 0.4) is 0 Å². The predicted octanol–water partition coefficient (Wildman–Crippen LogP) is 5.16. The lowest BCUT2D eigenvalue weighted by Crippen LogP contribution is -2.29. The van der Waals surface area contributed by atoms with E-state index in [2.05, 4.69) is 14.9 Å². The predicted molar refractivity (Wildman–Crippen MR) is 119 cm³/mol. The molecule has 4 rings (SSSR count). The molecule has 0 amide bonds. The van der Waals surface area contributed by atoms with Crippen LogP contribution < -0.4 is 9.47 Å². The second kappa shape index (κ2) is 9.88. The number of ether oxygens (including phenoxy) is 2. The van der Waals surface area contributed by atoms with Gasteiger partial charge >= 0.3 is 6.01 Å². The van der Waals surface area contributed by atoms with Crippen molar-refractivity contribution < 1.29 is 13.9 Å². The standard InChI is InChI=1S/C25H28FN3O2/c1-18-20(9-7-11-23(18)19-8-6-10-22(26)14-19)17-31-25-27-15-21(24(28-25)30-2)16-29-12-4-3-5-13-29/h6-11,14-15H,3-5,12-13,16-17H2,1-2H3. The highest BCUT2D eigenvalue weighted by molar-refractivity contribution is 5.68. The van der Waals surface area contributed by atoms with Gasteiger partial charge in [-0.25, -0.2) is 9.37 Å². The van der Waals surface area contributed by atoms with E-state index >= 15 is 0 Å². The summed E-state index contributed by atoms with van der Waals surface area (Å²) in [5.74, 6) is 0.310. The van der Waals surface area contributed by atoms with E-state index < -0.39 is 0 Å². The van der Waals surface area contributed by atoms with E-state index in [9.17, 15) is 4.39 Å². The van der Waals surface area contributed by atoms with Gasteiger partial charge in [0.05, 0.1) is 7.11 Å². The van der Waals surface area contributed by atoms with Crippen LogP contribution in [0, 0.1) is 12.7 Å². The van der Waals surface area contributed by atoms with Crippen molar-refractivity contribution in [1.29, 1.82) is 0 Å². The number of methoxy groups -OCH3 is 1. The Kier molecular flexibility index (Phi) is 6.77. The van der Waals surface area contributed by atoms with Crippen LogP contribution in [0.15, 0.2) is 48.7 Å². The Hall–Kier alpha value is -2.99. The molecule has 1 aliphatic rings. The fourth-order valence-corrected chi connectivity index (χ4v) is 4.04. The van der Waals surface area contributed by atoms with Crippen molar-refractivity contribution in [3.63, 3.8) is 0 Å². The van der Waals surface area contributed by atoms with E-state index in [1.165, 1.54) is 25.3 Å². The summed E-state index contributed by atoms with van der Waals surface area (Å²) >= 11 is 0. The van der Waals surface area contributed by atoms with E-state index in [1.807, 2.05) is 31.2 Å². The number of halogens is 1. The molecule has 1 aromatic heterocycles. The Labute approximate surface area is 182 Å². The molecule has 0 atom stereocenters. The highest BCUT2D eigenvalue weighted by atomic mass is 19.1. The molecule has 3 aromatic rings. The number of hydrogen-bond donors (Lipinski definition) is 0. The SMILES string of the molecule is COc1nc(OCc2cccc(-c3cccc(F)c3)c2C)ncc1CN1CCCCC1. The molecule has 0 N–H and O–H groups in total. The molecule has 6 heteroatoms. The van der Waals surface area contributed by atoms with Crippen molar-refractivity contribution in [3.8, 4) is 23.0 Å². The zero-order chi connectivity index (χ0) is 21.6. The topological polar surface area (TPSA) is 47.5 Å². The number of hydrogen-bond acceptors (Lipinski definition) is 5. The van der Waals surface area contributed by atoms with Crippen molar-refractivity contribution in [2.24, 2.45) is 0 Å². The number of piperidine rings is 1. The smallest absolute Gasteiger partial charge is 0.320 e. The Balaban J connectivity index is 1.47. The zero-order valence-corrected chi connectivity index (χ0v) is 18.1. The third kappa shape index (κ3) is 5.20. The molecule has 0 bridgehead atoms. The molecule has 2 heterocycles. The number of likely N-dealkylation sites (tertiary alicyclic amines) is 1. The third-order valence-corrected chi connectivity index (χ3v) is 5.78. The molecular formula is C25H28FN3O2. The summed E-state index contributed by atoms with van der Waals surface area (Å²) in [5, 5.41) is 0. The van der Waals surface area contributed by atoms with Gasteiger partial charge in [0, 0.05) is 18.3 Å². The van der Waals surface area contributed by atoms with E-state index in [0.717, 1.165) is 47.5 Å². The minimum atomic E-state index is -0.247. The number of nitrogens with zero attached hydrogens (tertiary/aromatic N) is 3. The minimum Gasteiger partial charge on any atom is -0.481 e. The van der Waals surface area contributed by atoms with Gasteiger partial charge in [-0.1, -0.05) is 36.8 Å². The van der Waals surface area contributed by atoms with Crippen LogP contribution in [0.5, 0.6) is 11.9 Å². The molecule has 0 aliphatic carbocycles. The van der Waals surface area contributed by atoms with Crippen LogP contribution >= 0.6 is 0 Å². The summed E-state index contributed by atoms with van der Waals surface area (Å²) in [6, 6.07) is 12.9. The Morgan fingerprint density at radius 3 is 2.61 bits per heavy atom.